The molecule has 6 rings (SSSR count). The molecule has 0 radical (unpaired) electrons. The van der Waals surface area contributed by atoms with E-state index in [1.54, 1.807) is 0 Å². The first-order chi connectivity index (χ1) is 35.4. The Bertz CT molecular complexity index is 4270. The first-order valence-electron chi connectivity index (χ1n) is 19.8. The number of sulfone groups is 2. The molecule has 77 heavy (non-hydrogen) atoms. The van der Waals surface area contributed by atoms with Crippen LogP contribution in [-0.2, 0) is 79.2 Å². The summed E-state index contributed by atoms with van der Waals surface area (Å²) in [6, 6.07) is 11.3. The quantitative estimate of drug-likeness (QED) is 0.0259. The molecule has 0 spiro atoms. The monoisotopic (exact) mass is 1230 g/mol. The number of methoxy groups -OCH3 is 1. The molecule has 0 bridgehead atoms. The van der Waals surface area contributed by atoms with Crippen molar-refractivity contribution in [2.45, 2.75) is 24.5 Å². The molecule has 0 saturated heterocycles. The summed E-state index contributed by atoms with van der Waals surface area (Å²) < 4.78 is 231. The van der Waals surface area contributed by atoms with Crippen molar-refractivity contribution in [3.05, 3.63) is 78.1 Å². The van der Waals surface area contributed by atoms with Crippen molar-refractivity contribution in [2.75, 3.05) is 42.5 Å². The van der Waals surface area contributed by atoms with Crippen LogP contribution in [0.15, 0.2) is 118 Å². The highest BCUT2D eigenvalue weighted by Crippen LogP contribution is 2.44. The van der Waals surface area contributed by atoms with E-state index in [9.17, 15) is 82.8 Å². The summed E-state index contributed by atoms with van der Waals surface area (Å²) in [6.45, 7) is -2.09. The molecular formula is C36H32ClN9O24S7. The lowest BCUT2D eigenvalue weighted by Crippen LogP contribution is -2.16. The number of nitrogens with zero attached hydrogens (tertiary/aromatic N) is 7. The smallest absolute Gasteiger partial charge is 0.397 e. The Hall–Kier alpha value is -6.77. The van der Waals surface area contributed by atoms with Gasteiger partial charge in [0.1, 0.15) is 37.5 Å². The van der Waals surface area contributed by atoms with Gasteiger partial charge in [0.25, 0.3) is 30.4 Å². The van der Waals surface area contributed by atoms with Crippen LogP contribution in [0.4, 0.5) is 46.0 Å². The van der Waals surface area contributed by atoms with Crippen LogP contribution in [-0.4, -0.2) is 139 Å². The van der Waals surface area contributed by atoms with E-state index in [2.05, 4.69) is 54.4 Å². The van der Waals surface area contributed by atoms with E-state index in [4.69, 9.17) is 25.4 Å². The fraction of sp³-hybridized carbons (Fsp3) is 0.139. The van der Waals surface area contributed by atoms with Crippen molar-refractivity contribution in [1.82, 2.24) is 15.0 Å². The third-order valence-corrected chi connectivity index (χ3v) is 16.6. The number of aromatic nitrogens is 3. The molecule has 0 aliphatic rings. The van der Waals surface area contributed by atoms with Crippen molar-refractivity contribution in [3.63, 3.8) is 0 Å². The average Bonchev–Trinajstić information content (AvgIpc) is 3.29. The molecular weight excluding hydrogens is 1200 g/mol. The number of phenols is 2. The molecule has 0 fully saturated rings. The van der Waals surface area contributed by atoms with E-state index in [1.807, 2.05) is 0 Å². The van der Waals surface area contributed by atoms with E-state index in [-0.39, 0.29) is 27.9 Å². The summed E-state index contributed by atoms with van der Waals surface area (Å²) in [5.74, 6) is -5.79. The number of phenolic OH excluding ortho intramolecular Hbond substituents is 2. The number of fused-ring (bicyclic) bond motifs is 1. The topological polar surface area (TPSA) is 520 Å². The minimum absolute atomic E-state index is 0.0405. The van der Waals surface area contributed by atoms with E-state index < -0.39 is 171 Å². The summed E-state index contributed by atoms with van der Waals surface area (Å²) in [7, 11) is -33.9. The van der Waals surface area contributed by atoms with Gasteiger partial charge in [-0.2, -0.15) is 62.2 Å². The van der Waals surface area contributed by atoms with Gasteiger partial charge in [-0.1, -0.05) is 6.07 Å². The molecule has 6 aromatic rings. The van der Waals surface area contributed by atoms with Gasteiger partial charge in [-0.05, 0) is 77.7 Å². The predicted molar refractivity (Wildman–Crippen MR) is 261 cm³/mol. The maximum Gasteiger partial charge on any atom is 0.397 e. The lowest BCUT2D eigenvalue weighted by molar-refractivity contribution is 0.282. The molecule has 5 aromatic carbocycles. The standard InChI is InChI=1S/C36H32ClN9O24S7/c1-68-27-16-25(28(73(53,54)55)17-24(27)44-43-20-3-2-4-21(13-20)71(49,50)9-7-69-76(62,63)64)45-46-31-29(74(56,57)58)12-18-11-19(5-6-23(18)32(31)47)38-35-40-34(37)41-36(42-35)39-26-14-22(15-30(33(26)48)75(59,60)61)72(51,52)10-8-70-77(65,66)67/h2-6,11-17,47-48H,7-10H2,1H3,(H,53,54,55)(H,56,57,58)(H,59,60,61)(H,62,63,64)(H,65,66,67)(H2,38,39,40,41,42)/b44-43+,46-45+. The first kappa shape index (κ1) is 59.5. The van der Waals surface area contributed by atoms with Gasteiger partial charge in [0.15, 0.2) is 31.2 Å². The van der Waals surface area contributed by atoms with Crippen LogP contribution < -0.4 is 15.4 Å². The van der Waals surface area contributed by atoms with Gasteiger partial charge in [0, 0.05) is 17.1 Å². The van der Waals surface area contributed by atoms with Gasteiger partial charge in [-0.25, -0.2) is 25.2 Å². The van der Waals surface area contributed by atoms with E-state index >= 15 is 0 Å². The Labute approximate surface area is 439 Å². The SMILES string of the molecule is COc1cc(/N=N/c2c(S(=O)(=O)O)cc3cc(Nc4nc(Cl)nc(Nc5cc(S(=O)(=O)CCOS(=O)(=O)O)cc(S(=O)(=O)O)c5O)n4)ccc3c2O)c(S(=O)(=O)O)cc1/N=N/c1cccc(S(=O)(=O)CCOS(=O)(=O)O)c1. The molecule has 1 aromatic heterocycles. The van der Waals surface area contributed by atoms with Crippen LogP contribution >= 0.6 is 11.6 Å². The second-order valence-corrected chi connectivity index (χ2v) is 25.7. The third-order valence-electron chi connectivity index (χ3n) is 9.54. The fourth-order valence-corrected chi connectivity index (χ4v) is 11.4. The third kappa shape index (κ3) is 15.5. The molecule has 0 aliphatic heterocycles. The normalized spacial score (nSPS) is 13.1. The zero-order valence-corrected chi connectivity index (χ0v) is 44.2. The molecule has 0 unspecified atom stereocenters. The van der Waals surface area contributed by atoms with Crippen LogP contribution in [0.5, 0.6) is 17.2 Å². The van der Waals surface area contributed by atoms with Crippen LogP contribution in [0.1, 0.15) is 0 Å². The zero-order valence-electron chi connectivity index (χ0n) is 37.7. The molecule has 0 aliphatic carbocycles. The van der Waals surface area contributed by atoms with E-state index in [0.29, 0.717) is 18.2 Å². The van der Waals surface area contributed by atoms with Gasteiger partial charge in [-0.3, -0.25) is 22.8 Å². The molecule has 9 N–H and O–H groups in total. The lowest BCUT2D eigenvalue weighted by atomic mass is 10.1. The van der Waals surface area contributed by atoms with Gasteiger partial charge in [-0.15, -0.1) is 15.3 Å². The molecule has 0 saturated carbocycles. The number of halogens is 1. The number of rotatable bonds is 22. The second-order valence-electron chi connectivity index (χ2n) is 14.8. The Morgan fingerprint density at radius 1 is 0.558 bits per heavy atom. The summed E-state index contributed by atoms with van der Waals surface area (Å²) in [5.41, 5.74) is -3.19. The maximum absolute atomic E-state index is 13.0. The minimum Gasteiger partial charge on any atom is -0.505 e. The molecule has 0 amide bonds. The van der Waals surface area contributed by atoms with Gasteiger partial charge < -0.3 is 25.6 Å². The van der Waals surface area contributed by atoms with Crippen molar-refractivity contribution >= 4 is 139 Å². The zero-order chi connectivity index (χ0) is 57.3. The predicted octanol–water partition coefficient (Wildman–Crippen LogP) is 4.34. The maximum atomic E-state index is 13.0. The van der Waals surface area contributed by atoms with Crippen LogP contribution in [0, 0.1) is 0 Å². The van der Waals surface area contributed by atoms with E-state index in [1.165, 1.54) is 18.2 Å². The highest BCUT2D eigenvalue weighted by Gasteiger charge is 2.28. The molecule has 41 heteroatoms. The lowest BCUT2D eigenvalue weighted by Gasteiger charge is -2.14. The van der Waals surface area contributed by atoms with Crippen LogP contribution in [0.25, 0.3) is 10.8 Å². The van der Waals surface area contributed by atoms with Crippen molar-refractivity contribution in [3.8, 4) is 17.2 Å². The Morgan fingerprint density at radius 3 is 1.70 bits per heavy atom. The molecule has 33 nitrogen and oxygen atoms in total. The van der Waals surface area contributed by atoms with Crippen molar-refractivity contribution < 1.29 is 105 Å². The molecule has 1 heterocycles. The number of benzene rings is 5. The number of azo groups is 2. The highest BCUT2D eigenvalue weighted by atomic mass is 35.5. The van der Waals surface area contributed by atoms with E-state index in [0.717, 1.165) is 43.5 Å². The number of nitrogens with one attached hydrogen (secondary N) is 2. The van der Waals surface area contributed by atoms with Gasteiger partial charge in [0.05, 0.1) is 53.0 Å². The largest absolute Gasteiger partial charge is 0.505 e. The van der Waals surface area contributed by atoms with Crippen LogP contribution in [0.2, 0.25) is 5.28 Å². The Kier molecular flexibility index (Phi) is 17.2. The first-order valence-corrected chi connectivity index (χ1v) is 30.6. The second kappa shape index (κ2) is 22.3. The average molecular weight is 1230 g/mol. The number of anilines is 4. The van der Waals surface area contributed by atoms with Gasteiger partial charge in [0.2, 0.25) is 17.2 Å². The van der Waals surface area contributed by atoms with Crippen molar-refractivity contribution in [1.29, 1.82) is 0 Å². The summed E-state index contributed by atoms with van der Waals surface area (Å²) in [5, 5.41) is 41.1. The number of hydrogen-bond acceptors (Lipinski definition) is 28. The fourth-order valence-electron chi connectivity index (χ4n) is 6.24. The molecule has 414 valence electrons. The van der Waals surface area contributed by atoms with Crippen LogP contribution in [0.3, 0.4) is 0 Å². The highest BCUT2D eigenvalue weighted by molar-refractivity contribution is 7.92. The molecule has 0 atom stereocenters. The van der Waals surface area contributed by atoms with Gasteiger partial charge >= 0.3 is 20.8 Å². The number of aromatic hydroxyl groups is 2. The summed E-state index contributed by atoms with van der Waals surface area (Å²) in [4.78, 5) is 6.70. The minimum atomic E-state index is -5.38. The Balaban J connectivity index is 1.32. The summed E-state index contributed by atoms with van der Waals surface area (Å²) in [6.07, 6.45) is 0. The number of hydrogen-bond donors (Lipinski definition) is 9. The summed E-state index contributed by atoms with van der Waals surface area (Å²) >= 11 is 6.07. The Morgan fingerprint density at radius 2 is 1.13 bits per heavy atom. The number of ether oxygens (including phenoxy) is 1. The van der Waals surface area contributed by atoms with Crippen molar-refractivity contribution in [2.24, 2.45) is 20.5 Å².